The SMILES string of the molecule is CC1(C)O[C@H]([C@H](O)CO)[C@@H](C=O)O1. The molecule has 0 amide bonds. The average Bonchev–Trinajstić information content (AvgIpc) is 2.39. The molecule has 0 saturated carbocycles. The number of hydrogen-bond donors (Lipinski definition) is 2. The molecule has 2 N–H and O–H groups in total. The predicted octanol–water partition coefficient (Wildman–Crippen LogP) is -0.941. The van der Waals surface area contributed by atoms with E-state index in [1.807, 2.05) is 0 Å². The Hall–Kier alpha value is -0.490. The van der Waals surface area contributed by atoms with Crippen molar-refractivity contribution in [1.82, 2.24) is 0 Å². The highest BCUT2D eigenvalue weighted by Crippen LogP contribution is 2.28. The summed E-state index contributed by atoms with van der Waals surface area (Å²) in [5, 5.41) is 18.0. The van der Waals surface area contributed by atoms with Crippen LogP contribution >= 0.6 is 0 Å². The summed E-state index contributed by atoms with van der Waals surface area (Å²) in [5.41, 5.74) is 0. The number of aldehydes is 1. The maximum atomic E-state index is 10.5. The van der Waals surface area contributed by atoms with Crippen molar-refractivity contribution in [3.05, 3.63) is 0 Å². The molecule has 1 heterocycles. The van der Waals surface area contributed by atoms with Crippen molar-refractivity contribution in [2.75, 3.05) is 6.61 Å². The number of carbonyl (C=O) groups excluding carboxylic acids is 1. The van der Waals surface area contributed by atoms with E-state index >= 15 is 0 Å². The number of rotatable bonds is 3. The highest BCUT2D eigenvalue weighted by atomic mass is 16.8. The van der Waals surface area contributed by atoms with Crippen LogP contribution in [0.3, 0.4) is 0 Å². The van der Waals surface area contributed by atoms with Gasteiger partial charge in [0.15, 0.2) is 12.1 Å². The zero-order valence-electron chi connectivity index (χ0n) is 7.64. The van der Waals surface area contributed by atoms with Gasteiger partial charge in [0.25, 0.3) is 0 Å². The summed E-state index contributed by atoms with van der Waals surface area (Å²) in [6.07, 6.45) is -2.11. The van der Waals surface area contributed by atoms with Gasteiger partial charge in [-0.15, -0.1) is 0 Å². The highest BCUT2D eigenvalue weighted by Gasteiger charge is 2.44. The van der Waals surface area contributed by atoms with Crippen molar-refractivity contribution >= 4 is 6.29 Å². The second kappa shape index (κ2) is 3.71. The van der Waals surface area contributed by atoms with E-state index in [1.165, 1.54) is 0 Å². The lowest BCUT2D eigenvalue weighted by molar-refractivity contribution is -0.158. The molecule has 0 aromatic heterocycles. The van der Waals surface area contributed by atoms with E-state index < -0.39 is 30.7 Å². The van der Waals surface area contributed by atoms with Crippen LogP contribution in [0.25, 0.3) is 0 Å². The van der Waals surface area contributed by atoms with Crippen LogP contribution in [0.5, 0.6) is 0 Å². The van der Waals surface area contributed by atoms with Crippen molar-refractivity contribution in [2.24, 2.45) is 0 Å². The molecule has 3 atom stereocenters. The normalized spacial score (nSPS) is 34.5. The van der Waals surface area contributed by atoms with E-state index in [-0.39, 0.29) is 0 Å². The minimum absolute atomic E-state index is 0.450. The zero-order chi connectivity index (χ0) is 10.1. The average molecular weight is 190 g/mol. The Morgan fingerprint density at radius 2 is 2.15 bits per heavy atom. The number of ether oxygens (including phenoxy) is 2. The first-order valence-corrected chi connectivity index (χ1v) is 4.10. The lowest BCUT2D eigenvalue weighted by Crippen LogP contribution is -2.38. The van der Waals surface area contributed by atoms with Gasteiger partial charge < -0.3 is 24.5 Å². The molecule has 0 aromatic carbocycles. The third kappa shape index (κ3) is 2.25. The van der Waals surface area contributed by atoms with Crippen molar-refractivity contribution < 1.29 is 24.5 Å². The van der Waals surface area contributed by atoms with Crippen LogP contribution < -0.4 is 0 Å². The molecular formula is C8H14O5. The van der Waals surface area contributed by atoms with E-state index in [4.69, 9.17) is 14.6 Å². The van der Waals surface area contributed by atoms with Crippen LogP contribution in [-0.2, 0) is 14.3 Å². The fraction of sp³-hybridized carbons (Fsp3) is 0.875. The third-order valence-corrected chi connectivity index (χ3v) is 1.86. The second-order valence-electron chi connectivity index (χ2n) is 3.45. The van der Waals surface area contributed by atoms with Crippen molar-refractivity contribution in [2.45, 2.75) is 37.9 Å². The largest absolute Gasteiger partial charge is 0.394 e. The number of aliphatic hydroxyl groups excluding tert-OH is 2. The summed E-state index contributed by atoms with van der Waals surface area (Å²) in [4.78, 5) is 10.5. The molecule has 76 valence electrons. The third-order valence-electron chi connectivity index (χ3n) is 1.86. The van der Waals surface area contributed by atoms with Gasteiger partial charge in [0, 0.05) is 0 Å². The first kappa shape index (κ1) is 10.6. The highest BCUT2D eigenvalue weighted by molar-refractivity contribution is 5.58. The molecule has 1 aliphatic rings. The Kier molecular flexibility index (Phi) is 3.02. The van der Waals surface area contributed by atoms with E-state index in [9.17, 15) is 9.90 Å². The van der Waals surface area contributed by atoms with Crippen molar-refractivity contribution in [1.29, 1.82) is 0 Å². The van der Waals surface area contributed by atoms with Crippen LogP contribution in [0.15, 0.2) is 0 Å². The zero-order valence-corrected chi connectivity index (χ0v) is 7.64. The van der Waals surface area contributed by atoms with E-state index in [0.717, 1.165) is 0 Å². The van der Waals surface area contributed by atoms with Crippen molar-refractivity contribution in [3.8, 4) is 0 Å². The quantitative estimate of drug-likeness (QED) is 0.562. The lowest BCUT2D eigenvalue weighted by Gasteiger charge is -2.19. The summed E-state index contributed by atoms with van der Waals surface area (Å²) in [5.74, 6) is -0.883. The molecule has 13 heavy (non-hydrogen) atoms. The van der Waals surface area contributed by atoms with Crippen LogP contribution in [-0.4, -0.2) is 47.2 Å². The van der Waals surface area contributed by atoms with Crippen LogP contribution in [0, 0.1) is 0 Å². The maximum absolute atomic E-state index is 10.5. The van der Waals surface area contributed by atoms with Crippen LogP contribution in [0.1, 0.15) is 13.8 Å². The number of hydrogen-bond acceptors (Lipinski definition) is 5. The molecule has 1 fully saturated rings. The Bertz CT molecular complexity index is 191. The number of carbonyl (C=O) groups is 1. The molecular weight excluding hydrogens is 176 g/mol. The molecule has 0 aromatic rings. The first-order chi connectivity index (χ1) is 6.00. The van der Waals surface area contributed by atoms with Crippen LogP contribution in [0.4, 0.5) is 0 Å². The van der Waals surface area contributed by atoms with Crippen molar-refractivity contribution in [3.63, 3.8) is 0 Å². The Balaban J connectivity index is 2.68. The van der Waals surface area contributed by atoms with Gasteiger partial charge in [-0.3, -0.25) is 0 Å². The minimum atomic E-state index is -1.09. The van der Waals surface area contributed by atoms with Gasteiger partial charge in [-0.2, -0.15) is 0 Å². The smallest absolute Gasteiger partial charge is 0.164 e. The van der Waals surface area contributed by atoms with Gasteiger partial charge in [0.1, 0.15) is 18.3 Å². The van der Waals surface area contributed by atoms with Gasteiger partial charge in [-0.05, 0) is 13.8 Å². The monoisotopic (exact) mass is 190 g/mol. The molecule has 0 unspecified atom stereocenters. The van der Waals surface area contributed by atoms with Gasteiger partial charge >= 0.3 is 0 Å². The molecule has 1 aliphatic heterocycles. The molecule has 0 spiro atoms. The van der Waals surface area contributed by atoms with E-state index in [1.54, 1.807) is 13.8 Å². The summed E-state index contributed by atoms with van der Waals surface area (Å²) in [6, 6.07) is 0. The Labute approximate surface area is 76.3 Å². The Morgan fingerprint density at radius 3 is 2.62 bits per heavy atom. The summed E-state index contributed by atoms with van der Waals surface area (Å²) in [7, 11) is 0. The summed E-state index contributed by atoms with van der Waals surface area (Å²) >= 11 is 0. The molecule has 1 rings (SSSR count). The standard InChI is InChI=1S/C8H14O5/c1-8(2)12-6(4-10)7(13-8)5(11)3-9/h4-7,9,11H,3H2,1-2H3/t5-,6-,7-/m1/s1. The lowest BCUT2D eigenvalue weighted by atomic mass is 10.1. The molecule has 0 bridgehead atoms. The topological polar surface area (TPSA) is 76.0 Å². The molecule has 5 heteroatoms. The second-order valence-corrected chi connectivity index (χ2v) is 3.45. The van der Waals surface area contributed by atoms with Gasteiger partial charge in [-0.25, -0.2) is 0 Å². The molecule has 0 aliphatic carbocycles. The first-order valence-electron chi connectivity index (χ1n) is 4.10. The van der Waals surface area contributed by atoms with E-state index in [2.05, 4.69) is 0 Å². The van der Waals surface area contributed by atoms with E-state index in [0.29, 0.717) is 6.29 Å². The van der Waals surface area contributed by atoms with Gasteiger partial charge in [0.05, 0.1) is 6.61 Å². The minimum Gasteiger partial charge on any atom is -0.394 e. The van der Waals surface area contributed by atoms with Gasteiger partial charge in [0.2, 0.25) is 0 Å². The molecule has 5 nitrogen and oxygen atoms in total. The molecule has 0 radical (unpaired) electrons. The predicted molar refractivity (Wildman–Crippen MR) is 43.0 cm³/mol. The van der Waals surface area contributed by atoms with Crippen LogP contribution in [0.2, 0.25) is 0 Å². The van der Waals surface area contributed by atoms with Gasteiger partial charge in [-0.1, -0.05) is 0 Å². The Morgan fingerprint density at radius 1 is 1.54 bits per heavy atom. The maximum Gasteiger partial charge on any atom is 0.164 e. The fourth-order valence-corrected chi connectivity index (χ4v) is 1.32. The summed E-state index contributed by atoms with van der Waals surface area (Å²) in [6.45, 7) is 2.84. The summed E-state index contributed by atoms with van der Waals surface area (Å²) < 4.78 is 10.4. The number of aliphatic hydroxyl groups is 2. The molecule has 1 saturated heterocycles. The fourth-order valence-electron chi connectivity index (χ4n) is 1.32.